The molecule has 4 aliphatic rings. The van der Waals surface area contributed by atoms with E-state index in [4.69, 9.17) is 0 Å². The molecule has 4 bridgehead atoms. The fourth-order valence-electron chi connectivity index (χ4n) is 6.20. The van der Waals surface area contributed by atoms with Crippen molar-refractivity contribution in [3.63, 3.8) is 0 Å². The molecule has 0 aromatic heterocycles. The Bertz CT molecular complexity index is 599. The summed E-state index contributed by atoms with van der Waals surface area (Å²) in [5, 5.41) is 5.55. The monoisotopic (exact) mass is 341 g/mol. The molecule has 0 heterocycles. The molecule has 5 rings (SSSR count). The van der Waals surface area contributed by atoms with E-state index in [0.29, 0.717) is 11.5 Å². The summed E-state index contributed by atoms with van der Waals surface area (Å²) < 4.78 is 0. The third-order valence-electron chi connectivity index (χ3n) is 6.95. The Morgan fingerprint density at radius 1 is 1.00 bits per heavy atom. The number of benzene rings is 1. The first-order valence-corrected chi connectivity index (χ1v) is 10.2. The van der Waals surface area contributed by atoms with Crippen molar-refractivity contribution in [2.75, 3.05) is 5.32 Å². The third kappa shape index (κ3) is 3.48. The molecule has 3 heteroatoms. The minimum atomic E-state index is -0.0129. The molecule has 1 aromatic carbocycles. The Morgan fingerprint density at radius 2 is 1.52 bits per heavy atom. The number of nitrogens with one attached hydrogen (secondary N) is 1. The van der Waals surface area contributed by atoms with Crippen LogP contribution in [-0.2, 0) is 4.79 Å². The Kier molecular flexibility index (Phi) is 4.39. The Morgan fingerprint density at radius 3 is 2.00 bits per heavy atom. The number of carbonyl (C=O) groups is 1. The maximum Gasteiger partial charge on any atom is 0.282 e. The summed E-state index contributed by atoms with van der Waals surface area (Å²) in [6.07, 6.45) is 8.36. The van der Waals surface area contributed by atoms with Gasteiger partial charge in [-0.05, 0) is 67.6 Å². The van der Waals surface area contributed by atoms with Crippen LogP contribution in [0, 0.1) is 17.8 Å². The van der Waals surface area contributed by atoms with E-state index >= 15 is 0 Å². The molecule has 136 valence electrons. The van der Waals surface area contributed by atoms with E-state index in [9.17, 15) is 4.79 Å². The number of nitrogens with two attached hydrogens (primary N) is 1. The lowest BCUT2D eigenvalue weighted by Gasteiger charge is -2.55. The number of anilines is 1. The summed E-state index contributed by atoms with van der Waals surface area (Å²) in [5.74, 6) is 3.46. The van der Waals surface area contributed by atoms with Crippen LogP contribution in [0.2, 0.25) is 0 Å². The molecule has 4 fully saturated rings. The van der Waals surface area contributed by atoms with Gasteiger partial charge in [0.2, 0.25) is 0 Å². The number of carbonyl (C=O) groups excluding carboxylic acids is 1. The zero-order valence-electron chi connectivity index (χ0n) is 15.9. The Balaban J connectivity index is 1.38. The van der Waals surface area contributed by atoms with Crippen molar-refractivity contribution in [2.24, 2.45) is 17.8 Å². The lowest BCUT2D eigenvalue weighted by molar-refractivity contribution is -0.754. The van der Waals surface area contributed by atoms with E-state index in [1.165, 1.54) is 44.1 Å². The second-order valence-electron chi connectivity index (χ2n) is 9.50. The van der Waals surface area contributed by atoms with Crippen LogP contribution in [0.5, 0.6) is 0 Å². The van der Waals surface area contributed by atoms with Gasteiger partial charge in [-0.15, -0.1) is 0 Å². The van der Waals surface area contributed by atoms with Crippen LogP contribution in [0.1, 0.15) is 70.8 Å². The third-order valence-corrected chi connectivity index (χ3v) is 6.95. The molecule has 0 spiro atoms. The van der Waals surface area contributed by atoms with Gasteiger partial charge in [-0.3, -0.25) is 4.79 Å². The van der Waals surface area contributed by atoms with Gasteiger partial charge in [0.15, 0.2) is 6.04 Å². The van der Waals surface area contributed by atoms with Crippen LogP contribution in [0.4, 0.5) is 5.69 Å². The largest absolute Gasteiger partial charge is 0.331 e. The molecule has 4 saturated carbocycles. The average Bonchev–Trinajstić information content (AvgIpc) is 2.53. The van der Waals surface area contributed by atoms with Crippen LogP contribution < -0.4 is 10.6 Å². The molecule has 3 N–H and O–H groups in total. The van der Waals surface area contributed by atoms with E-state index < -0.39 is 0 Å². The zero-order chi connectivity index (χ0) is 17.6. The van der Waals surface area contributed by atoms with Crippen molar-refractivity contribution in [2.45, 2.75) is 76.8 Å². The molecule has 1 amide bonds. The minimum Gasteiger partial charge on any atom is -0.331 e. The summed E-state index contributed by atoms with van der Waals surface area (Å²) in [6, 6.07) is 8.29. The van der Waals surface area contributed by atoms with Gasteiger partial charge >= 0.3 is 0 Å². The molecular formula is C22H33N2O+. The topological polar surface area (TPSA) is 45.7 Å². The quantitative estimate of drug-likeness (QED) is 0.843. The minimum absolute atomic E-state index is 0.0129. The van der Waals surface area contributed by atoms with E-state index in [1.807, 2.05) is 12.1 Å². The number of rotatable bonds is 5. The second-order valence-corrected chi connectivity index (χ2v) is 9.50. The van der Waals surface area contributed by atoms with Gasteiger partial charge in [0, 0.05) is 24.9 Å². The zero-order valence-corrected chi connectivity index (χ0v) is 15.9. The SMILES string of the molecule is CC(C)c1ccc(NC(=O)[C@H](C)[NH2+]C23CC4CC(CC(C4)C2)C3)cc1. The average molecular weight is 342 g/mol. The van der Waals surface area contributed by atoms with Crippen molar-refractivity contribution in [1.82, 2.24) is 0 Å². The van der Waals surface area contributed by atoms with Crippen LogP contribution >= 0.6 is 0 Å². The van der Waals surface area contributed by atoms with Crippen molar-refractivity contribution >= 4 is 11.6 Å². The van der Waals surface area contributed by atoms with E-state index in [1.54, 1.807) is 0 Å². The van der Waals surface area contributed by atoms with Crippen LogP contribution in [0.15, 0.2) is 24.3 Å². The summed E-state index contributed by atoms with van der Waals surface area (Å²) in [4.78, 5) is 12.7. The fourth-order valence-corrected chi connectivity index (χ4v) is 6.20. The molecule has 1 atom stereocenters. The summed E-state index contributed by atoms with van der Waals surface area (Å²) in [5.41, 5.74) is 2.58. The molecule has 0 unspecified atom stereocenters. The summed E-state index contributed by atoms with van der Waals surface area (Å²) in [7, 11) is 0. The lowest BCUT2D eigenvalue weighted by Crippen LogP contribution is -3.03. The highest BCUT2D eigenvalue weighted by atomic mass is 16.2. The van der Waals surface area contributed by atoms with Gasteiger partial charge < -0.3 is 10.6 Å². The van der Waals surface area contributed by atoms with Gasteiger partial charge in [0.05, 0.1) is 5.54 Å². The molecule has 0 aliphatic heterocycles. The van der Waals surface area contributed by atoms with Crippen LogP contribution in [-0.4, -0.2) is 17.5 Å². The highest BCUT2D eigenvalue weighted by molar-refractivity contribution is 5.93. The predicted molar refractivity (Wildman–Crippen MR) is 101 cm³/mol. The molecule has 0 saturated heterocycles. The van der Waals surface area contributed by atoms with Crippen molar-refractivity contribution < 1.29 is 10.1 Å². The first-order valence-electron chi connectivity index (χ1n) is 10.2. The number of hydrogen-bond acceptors (Lipinski definition) is 1. The van der Waals surface area contributed by atoms with Gasteiger partial charge in [0.1, 0.15) is 0 Å². The highest BCUT2D eigenvalue weighted by Gasteiger charge is 2.54. The van der Waals surface area contributed by atoms with Gasteiger partial charge in [-0.25, -0.2) is 0 Å². The smallest absolute Gasteiger partial charge is 0.282 e. The van der Waals surface area contributed by atoms with E-state index in [0.717, 1.165) is 23.4 Å². The van der Waals surface area contributed by atoms with Crippen molar-refractivity contribution in [3.05, 3.63) is 29.8 Å². The maximum absolute atomic E-state index is 12.7. The van der Waals surface area contributed by atoms with E-state index in [2.05, 4.69) is 43.5 Å². The number of hydrogen-bond donors (Lipinski definition) is 2. The first-order chi connectivity index (χ1) is 11.9. The molecule has 1 aromatic rings. The van der Waals surface area contributed by atoms with Gasteiger partial charge in [-0.1, -0.05) is 26.0 Å². The maximum atomic E-state index is 12.7. The number of amides is 1. The summed E-state index contributed by atoms with van der Waals surface area (Å²) in [6.45, 7) is 6.46. The summed E-state index contributed by atoms with van der Waals surface area (Å²) >= 11 is 0. The Hall–Kier alpha value is -1.35. The lowest BCUT2D eigenvalue weighted by atomic mass is 9.53. The molecule has 3 nitrogen and oxygen atoms in total. The normalized spacial score (nSPS) is 34.3. The standard InChI is InChI=1S/C22H32N2O/c1-14(2)19-4-6-20(7-5-19)23-21(25)15(3)24-22-11-16-8-17(12-22)10-18(9-16)13-22/h4-7,14-18,24H,8-13H2,1-3H3,(H,23,25)/p+1/t15-,16?,17?,18?,22?/m0/s1. The molecule has 4 aliphatic carbocycles. The van der Waals surface area contributed by atoms with Crippen LogP contribution in [0.3, 0.4) is 0 Å². The van der Waals surface area contributed by atoms with Crippen molar-refractivity contribution in [1.29, 1.82) is 0 Å². The molecule has 25 heavy (non-hydrogen) atoms. The predicted octanol–water partition coefficient (Wildman–Crippen LogP) is 3.67. The van der Waals surface area contributed by atoms with Crippen molar-refractivity contribution in [3.8, 4) is 0 Å². The molecule has 0 radical (unpaired) electrons. The fraction of sp³-hybridized carbons (Fsp3) is 0.682. The van der Waals surface area contributed by atoms with Crippen LogP contribution in [0.25, 0.3) is 0 Å². The van der Waals surface area contributed by atoms with E-state index in [-0.39, 0.29) is 11.9 Å². The Labute approximate surface area is 152 Å². The first kappa shape index (κ1) is 17.1. The molecular weight excluding hydrogens is 308 g/mol. The van der Waals surface area contributed by atoms with Gasteiger partial charge in [-0.2, -0.15) is 0 Å². The number of quaternary nitrogens is 1. The van der Waals surface area contributed by atoms with Gasteiger partial charge in [0.25, 0.3) is 5.91 Å². The second kappa shape index (κ2) is 6.42. The highest BCUT2D eigenvalue weighted by Crippen LogP contribution is 2.54.